The van der Waals surface area contributed by atoms with Crippen LogP contribution in [0.1, 0.15) is 43.2 Å². The monoisotopic (exact) mass is 319 g/mol. The summed E-state index contributed by atoms with van der Waals surface area (Å²) < 4.78 is 11.8. The molecule has 2 aliphatic heterocycles. The number of aliphatic hydroxyl groups excluding tert-OH is 1. The molecule has 2 saturated heterocycles. The molecule has 0 amide bonds. The predicted octanol–water partition coefficient (Wildman–Crippen LogP) is 2.73. The highest BCUT2D eigenvalue weighted by atomic mass is 16.5. The second kappa shape index (κ2) is 8.78. The summed E-state index contributed by atoms with van der Waals surface area (Å²) in [6.07, 6.45) is 6.58. The van der Waals surface area contributed by atoms with Crippen molar-refractivity contribution >= 4 is 0 Å². The summed E-state index contributed by atoms with van der Waals surface area (Å²) in [5.74, 6) is 0. The van der Waals surface area contributed by atoms with Gasteiger partial charge in [-0.1, -0.05) is 24.3 Å². The lowest BCUT2D eigenvalue weighted by Gasteiger charge is -2.33. The maximum absolute atomic E-state index is 9.09. The maximum atomic E-state index is 9.09. The molecule has 0 aromatic heterocycles. The van der Waals surface area contributed by atoms with Crippen molar-refractivity contribution in [3.63, 3.8) is 0 Å². The number of hydrogen-bond acceptors (Lipinski definition) is 4. The number of nitrogens with zero attached hydrogens (tertiary/aromatic N) is 1. The van der Waals surface area contributed by atoms with Crippen molar-refractivity contribution in [1.82, 2.24) is 4.90 Å². The highest BCUT2D eigenvalue weighted by Crippen LogP contribution is 2.19. The third-order valence-electron chi connectivity index (χ3n) is 4.94. The summed E-state index contributed by atoms with van der Waals surface area (Å²) in [4.78, 5) is 2.49. The van der Waals surface area contributed by atoms with Gasteiger partial charge in [0.1, 0.15) is 0 Å². The molecule has 4 nitrogen and oxygen atoms in total. The number of likely N-dealkylation sites (tertiary alicyclic amines) is 1. The van der Waals surface area contributed by atoms with Crippen LogP contribution in [0.25, 0.3) is 0 Å². The van der Waals surface area contributed by atoms with Gasteiger partial charge >= 0.3 is 0 Å². The Balaban J connectivity index is 1.36. The number of benzene rings is 1. The molecule has 3 rings (SSSR count). The third-order valence-corrected chi connectivity index (χ3v) is 4.94. The lowest BCUT2D eigenvalue weighted by Crippen LogP contribution is -2.38. The molecule has 0 saturated carbocycles. The zero-order valence-corrected chi connectivity index (χ0v) is 14.0. The molecule has 2 heterocycles. The summed E-state index contributed by atoms with van der Waals surface area (Å²) in [5, 5.41) is 9.09. The van der Waals surface area contributed by atoms with E-state index in [1.54, 1.807) is 0 Å². The summed E-state index contributed by atoms with van der Waals surface area (Å²) in [6.45, 7) is 4.97. The Morgan fingerprint density at radius 2 is 1.78 bits per heavy atom. The van der Waals surface area contributed by atoms with Crippen LogP contribution in [-0.4, -0.2) is 48.5 Å². The molecule has 4 heteroatoms. The molecule has 0 spiro atoms. The van der Waals surface area contributed by atoms with Crippen molar-refractivity contribution in [2.24, 2.45) is 0 Å². The average Bonchev–Trinajstić information content (AvgIpc) is 2.63. The van der Waals surface area contributed by atoms with Gasteiger partial charge in [0.25, 0.3) is 0 Å². The standard InChI is InChI=1S/C19H29NO3/c21-14-17-6-4-16(5-7-17)13-20-10-8-18(9-11-20)23-15-19-3-1-2-12-22-19/h4-7,18-19,21H,1-3,8-15H2. The van der Waals surface area contributed by atoms with Crippen LogP contribution in [0.2, 0.25) is 0 Å². The van der Waals surface area contributed by atoms with Crippen molar-refractivity contribution < 1.29 is 14.6 Å². The fourth-order valence-corrected chi connectivity index (χ4v) is 3.42. The molecule has 0 aliphatic carbocycles. The topological polar surface area (TPSA) is 41.9 Å². The van der Waals surface area contributed by atoms with Crippen LogP contribution in [0.4, 0.5) is 0 Å². The molecule has 1 aromatic rings. The summed E-state index contributed by atoms with van der Waals surface area (Å²) in [6, 6.07) is 8.26. The summed E-state index contributed by atoms with van der Waals surface area (Å²) >= 11 is 0. The molecule has 23 heavy (non-hydrogen) atoms. The second-order valence-corrected chi connectivity index (χ2v) is 6.77. The van der Waals surface area contributed by atoms with E-state index in [2.05, 4.69) is 17.0 Å². The zero-order valence-electron chi connectivity index (χ0n) is 14.0. The average molecular weight is 319 g/mol. The fourth-order valence-electron chi connectivity index (χ4n) is 3.42. The third kappa shape index (κ3) is 5.28. The van der Waals surface area contributed by atoms with Gasteiger partial charge in [-0.2, -0.15) is 0 Å². The van der Waals surface area contributed by atoms with Gasteiger partial charge < -0.3 is 14.6 Å². The van der Waals surface area contributed by atoms with E-state index in [0.29, 0.717) is 12.2 Å². The van der Waals surface area contributed by atoms with Crippen LogP contribution in [-0.2, 0) is 22.6 Å². The largest absolute Gasteiger partial charge is 0.392 e. The molecule has 1 N–H and O–H groups in total. The summed E-state index contributed by atoms with van der Waals surface area (Å²) in [7, 11) is 0. The van der Waals surface area contributed by atoms with E-state index in [0.717, 1.165) is 57.7 Å². The van der Waals surface area contributed by atoms with Crippen LogP contribution in [0.15, 0.2) is 24.3 Å². The van der Waals surface area contributed by atoms with Crippen LogP contribution < -0.4 is 0 Å². The molecular formula is C19H29NO3. The van der Waals surface area contributed by atoms with E-state index in [1.165, 1.54) is 18.4 Å². The quantitative estimate of drug-likeness (QED) is 0.875. The van der Waals surface area contributed by atoms with E-state index in [-0.39, 0.29) is 6.61 Å². The van der Waals surface area contributed by atoms with Gasteiger partial charge in [0.05, 0.1) is 25.4 Å². The SMILES string of the molecule is OCc1ccc(CN2CCC(OCC3CCCCO3)CC2)cc1. The number of piperidine rings is 1. The van der Waals surface area contributed by atoms with Crippen molar-refractivity contribution in [2.75, 3.05) is 26.3 Å². The van der Waals surface area contributed by atoms with Crippen molar-refractivity contribution in [3.8, 4) is 0 Å². The zero-order chi connectivity index (χ0) is 15.9. The van der Waals surface area contributed by atoms with E-state index >= 15 is 0 Å². The fraction of sp³-hybridized carbons (Fsp3) is 0.684. The first-order chi connectivity index (χ1) is 11.3. The Hall–Kier alpha value is -0.940. The van der Waals surface area contributed by atoms with Crippen molar-refractivity contribution in [1.29, 1.82) is 0 Å². The van der Waals surface area contributed by atoms with Crippen LogP contribution in [0.5, 0.6) is 0 Å². The predicted molar refractivity (Wildman–Crippen MR) is 90.2 cm³/mol. The van der Waals surface area contributed by atoms with E-state index < -0.39 is 0 Å². The first kappa shape index (κ1) is 16.9. The van der Waals surface area contributed by atoms with Gasteiger partial charge in [0, 0.05) is 26.2 Å². The molecule has 0 radical (unpaired) electrons. The van der Waals surface area contributed by atoms with Crippen LogP contribution >= 0.6 is 0 Å². The number of rotatable bonds is 6. The molecule has 2 aliphatic rings. The minimum atomic E-state index is 0.119. The lowest BCUT2D eigenvalue weighted by molar-refractivity contribution is -0.0753. The first-order valence-electron chi connectivity index (χ1n) is 8.98. The molecule has 1 aromatic carbocycles. The van der Waals surface area contributed by atoms with Gasteiger partial charge in [-0.3, -0.25) is 4.90 Å². The van der Waals surface area contributed by atoms with E-state index in [1.807, 2.05) is 12.1 Å². The highest BCUT2D eigenvalue weighted by molar-refractivity contribution is 5.21. The second-order valence-electron chi connectivity index (χ2n) is 6.77. The Morgan fingerprint density at radius 3 is 2.43 bits per heavy atom. The Bertz CT molecular complexity index is 448. The van der Waals surface area contributed by atoms with Gasteiger partial charge in [-0.05, 0) is 43.2 Å². The van der Waals surface area contributed by atoms with Crippen LogP contribution in [0, 0.1) is 0 Å². The van der Waals surface area contributed by atoms with E-state index in [9.17, 15) is 0 Å². The molecular weight excluding hydrogens is 290 g/mol. The van der Waals surface area contributed by atoms with E-state index in [4.69, 9.17) is 14.6 Å². The normalized spacial score (nSPS) is 24.0. The Morgan fingerprint density at radius 1 is 1.04 bits per heavy atom. The van der Waals surface area contributed by atoms with Gasteiger partial charge in [0.15, 0.2) is 0 Å². The smallest absolute Gasteiger partial charge is 0.0808 e. The number of aliphatic hydroxyl groups is 1. The first-order valence-corrected chi connectivity index (χ1v) is 8.98. The highest BCUT2D eigenvalue weighted by Gasteiger charge is 2.22. The molecule has 128 valence electrons. The van der Waals surface area contributed by atoms with Gasteiger partial charge in [0.2, 0.25) is 0 Å². The Labute approximate surface area is 139 Å². The minimum Gasteiger partial charge on any atom is -0.392 e. The molecule has 2 fully saturated rings. The molecule has 0 bridgehead atoms. The lowest BCUT2D eigenvalue weighted by atomic mass is 10.1. The Kier molecular flexibility index (Phi) is 6.46. The number of hydrogen-bond donors (Lipinski definition) is 1. The minimum absolute atomic E-state index is 0.119. The molecule has 1 unspecified atom stereocenters. The number of ether oxygens (including phenoxy) is 2. The maximum Gasteiger partial charge on any atom is 0.0808 e. The van der Waals surface area contributed by atoms with Gasteiger partial charge in [-0.25, -0.2) is 0 Å². The summed E-state index contributed by atoms with van der Waals surface area (Å²) in [5.41, 5.74) is 2.29. The molecule has 1 atom stereocenters. The van der Waals surface area contributed by atoms with Crippen LogP contribution in [0.3, 0.4) is 0 Å². The van der Waals surface area contributed by atoms with Crippen molar-refractivity contribution in [3.05, 3.63) is 35.4 Å². The van der Waals surface area contributed by atoms with Crippen molar-refractivity contribution in [2.45, 2.75) is 57.5 Å². The van der Waals surface area contributed by atoms with Gasteiger partial charge in [-0.15, -0.1) is 0 Å².